The van der Waals surface area contributed by atoms with Crippen LogP contribution in [0.3, 0.4) is 0 Å². The van der Waals surface area contributed by atoms with Crippen LogP contribution in [-0.4, -0.2) is 23.3 Å². The molecule has 3 heteroatoms. The second kappa shape index (κ2) is 11.8. The molecule has 1 atom stereocenters. The molecular formula is C23H37O3+. The molecule has 146 valence electrons. The number of rotatable bonds is 11. The third kappa shape index (κ3) is 8.07. The zero-order chi connectivity index (χ0) is 19.5. The summed E-state index contributed by atoms with van der Waals surface area (Å²) >= 11 is 0. The summed E-state index contributed by atoms with van der Waals surface area (Å²) in [4.78, 5) is 10.2. The number of hydrogen-bond acceptors (Lipinski definition) is 2. The van der Waals surface area contributed by atoms with Crippen LogP contribution in [0.4, 0.5) is 0 Å². The summed E-state index contributed by atoms with van der Waals surface area (Å²) < 4.78 is 11.3. The van der Waals surface area contributed by atoms with E-state index in [-0.39, 0.29) is 6.10 Å². The average Bonchev–Trinajstić information content (AvgIpc) is 2.85. The van der Waals surface area contributed by atoms with Crippen LogP contribution in [0.1, 0.15) is 80.1 Å². The maximum Gasteiger partial charge on any atom is 0.366 e. The number of hydrogen-bond donors (Lipinski definition) is 0. The molecule has 0 amide bonds. The minimum atomic E-state index is -0.307. The predicted molar refractivity (Wildman–Crippen MR) is 111 cm³/mol. The van der Waals surface area contributed by atoms with Crippen molar-refractivity contribution in [2.75, 3.05) is 6.61 Å². The summed E-state index contributed by atoms with van der Waals surface area (Å²) in [5.74, 6) is 0.783. The van der Waals surface area contributed by atoms with Crippen LogP contribution >= 0.6 is 0 Å². The summed E-state index contributed by atoms with van der Waals surface area (Å²) in [5, 5.41) is 0. The first kappa shape index (κ1) is 22.3. The highest BCUT2D eigenvalue weighted by Crippen LogP contribution is 2.25. The second-order valence-corrected chi connectivity index (χ2v) is 7.45. The van der Waals surface area contributed by atoms with Gasteiger partial charge < -0.3 is 9.47 Å². The van der Waals surface area contributed by atoms with Crippen molar-refractivity contribution in [3.05, 3.63) is 46.5 Å². The van der Waals surface area contributed by atoms with Crippen molar-refractivity contribution in [2.24, 2.45) is 0 Å². The summed E-state index contributed by atoms with van der Waals surface area (Å²) in [6, 6.07) is 0. The van der Waals surface area contributed by atoms with Crippen LogP contribution < -0.4 is 0 Å². The molecule has 1 rings (SSSR count). The smallest absolute Gasteiger partial charge is 0.366 e. The van der Waals surface area contributed by atoms with Crippen LogP contribution in [0, 0.1) is 0 Å². The Morgan fingerprint density at radius 3 is 2.27 bits per heavy atom. The number of allylic oxidation sites excluding steroid dienone is 5. The Labute approximate surface area is 159 Å². The van der Waals surface area contributed by atoms with Gasteiger partial charge in [-0.25, -0.2) is 0 Å². The molecule has 1 unspecified atom stereocenters. The molecule has 1 aliphatic heterocycles. The Morgan fingerprint density at radius 2 is 1.65 bits per heavy atom. The van der Waals surface area contributed by atoms with E-state index >= 15 is 0 Å². The van der Waals surface area contributed by atoms with Crippen LogP contribution in [0.5, 0.6) is 0 Å². The molecule has 0 fully saturated rings. The molecule has 0 aromatic heterocycles. The van der Waals surface area contributed by atoms with E-state index in [0.29, 0.717) is 24.8 Å². The quantitative estimate of drug-likeness (QED) is 0.315. The fourth-order valence-corrected chi connectivity index (χ4v) is 2.76. The van der Waals surface area contributed by atoms with E-state index in [9.17, 15) is 4.79 Å². The lowest BCUT2D eigenvalue weighted by Gasteiger charge is -2.09. The number of carbonyl (C=O) groups excluding carboxylic acids is 1. The predicted octanol–water partition coefficient (Wildman–Crippen LogP) is 6.40. The largest absolute Gasteiger partial charge is 0.465 e. The third-order valence-corrected chi connectivity index (χ3v) is 4.49. The molecule has 0 saturated carbocycles. The molecule has 1 N–H and O–H groups in total. The Hall–Kier alpha value is -1.77. The minimum Gasteiger partial charge on any atom is -0.465 e. The Bertz CT molecular complexity index is 587. The van der Waals surface area contributed by atoms with Gasteiger partial charge in [-0.15, -0.1) is 0 Å². The van der Waals surface area contributed by atoms with Gasteiger partial charge in [-0.1, -0.05) is 41.9 Å². The minimum absolute atomic E-state index is 0.301. The molecule has 0 bridgehead atoms. The van der Waals surface area contributed by atoms with Gasteiger partial charge in [0.15, 0.2) is 0 Å². The molecule has 1 aliphatic rings. The summed E-state index contributed by atoms with van der Waals surface area (Å²) in [6.45, 7) is 13.2. The Balaban J connectivity index is 2.38. The lowest BCUT2D eigenvalue weighted by molar-refractivity contribution is 0.0256. The van der Waals surface area contributed by atoms with Gasteiger partial charge >= 0.3 is 5.78 Å². The first-order valence-corrected chi connectivity index (χ1v) is 9.86. The first-order valence-electron chi connectivity index (χ1n) is 9.86. The summed E-state index contributed by atoms with van der Waals surface area (Å²) in [6.07, 6.45) is 12.5. The molecule has 0 saturated heterocycles. The van der Waals surface area contributed by atoms with Crippen molar-refractivity contribution in [1.82, 2.24) is 0 Å². The van der Waals surface area contributed by atoms with E-state index in [2.05, 4.69) is 52.8 Å². The topological polar surface area (TPSA) is 39.9 Å². The van der Waals surface area contributed by atoms with Gasteiger partial charge in [0, 0.05) is 6.42 Å². The average molecular weight is 362 g/mol. The van der Waals surface area contributed by atoms with Crippen LogP contribution in [0.25, 0.3) is 0 Å². The van der Waals surface area contributed by atoms with Gasteiger partial charge in [-0.05, 0) is 66.7 Å². The molecule has 0 aromatic carbocycles. The van der Waals surface area contributed by atoms with Gasteiger partial charge in [0.05, 0.1) is 6.61 Å². The van der Waals surface area contributed by atoms with E-state index in [1.165, 1.54) is 16.7 Å². The summed E-state index contributed by atoms with van der Waals surface area (Å²) in [7, 11) is 0. The molecule has 26 heavy (non-hydrogen) atoms. The summed E-state index contributed by atoms with van der Waals surface area (Å²) in [5.41, 5.74) is 4.90. The lowest BCUT2D eigenvalue weighted by Crippen LogP contribution is -2.17. The zero-order valence-corrected chi connectivity index (χ0v) is 17.5. The van der Waals surface area contributed by atoms with E-state index < -0.39 is 0 Å². The lowest BCUT2D eigenvalue weighted by atomic mass is 10.0. The van der Waals surface area contributed by atoms with Crippen LogP contribution in [0.2, 0.25) is 0 Å². The van der Waals surface area contributed by atoms with Gasteiger partial charge in [-0.2, -0.15) is 0 Å². The molecule has 0 aliphatic carbocycles. The maximum absolute atomic E-state index is 10.2. The van der Waals surface area contributed by atoms with E-state index in [1.54, 1.807) is 0 Å². The maximum atomic E-state index is 10.2. The second-order valence-electron chi connectivity index (χ2n) is 7.45. The van der Waals surface area contributed by atoms with Crippen molar-refractivity contribution in [2.45, 2.75) is 86.2 Å². The Kier molecular flexibility index (Phi) is 10.1. The first-order chi connectivity index (χ1) is 12.3. The van der Waals surface area contributed by atoms with Crippen molar-refractivity contribution >= 4 is 5.78 Å². The van der Waals surface area contributed by atoms with Crippen LogP contribution in [0.15, 0.2) is 46.5 Å². The molecule has 0 aromatic rings. The van der Waals surface area contributed by atoms with Crippen molar-refractivity contribution in [1.29, 1.82) is 0 Å². The molecule has 0 spiro atoms. The van der Waals surface area contributed by atoms with Gasteiger partial charge in [0.1, 0.15) is 5.57 Å². The SMILES string of the molecule is CCCOC1=C(C)C(=[OH+])C(C/C=C(\C)CC/C=C(\C)CCC=C(C)C)O1. The van der Waals surface area contributed by atoms with Gasteiger partial charge in [0.2, 0.25) is 6.10 Å². The highest BCUT2D eigenvalue weighted by molar-refractivity contribution is 6.01. The van der Waals surface area contributed by atoms with Gasteiger partial charge in [0.25, 0.3) is 5.95 Å². The fraction of sp³-hybridized carbons (Fsp3) is 0.609. The highest BCUT2D eigenvalue weighted by Gasteiger charge is 2.38. The van der Waals surface area contributed by atoms with E-state index in [1.807, 2.05) is 6.92 Å². The fourth-order valence-electron chi connectivity index (χ4n) is 2.76. The third-order valence-electron chi connectivity index (χ3n) is 4.49. The van der Waals surface area contributed by atoms with E-state index in [4.69, 9.17) is 9.47 Å². The molecule has 1 heterocycles. The standard InChI is InChI=1S/C23H36O3/c1-7-16-25-23-20(6)22(24)21(26-23)15-14-19(5)13-9-12-18(4)11-8-10-17(2)3/h10,12,14,21H,7-9,11,13,15-16H2,1-6H3/p+1/b18-12+,19-14+. The highest BCUT2D eigenvalue weighted by atomic mass is 16.7. The Morgan fingerprint density at radius 1 is 1.04 bits per heavy atom. The molecule has 0 radical (unpaired) electrons. The molecule has 3 nitrogen and oxygen atoms in total. The van der Waals surface area contributed by atoms with Crippen LogP contribution in [-0.2, 0) is 9.47 Å². The van der Waals surface area contributed by atoms with Crippen molar-refractivity contribution < 1.29 is 14.3 Å². The molecular weight excluding hydrogens is 324 g/mol. The monoisotopic (exact) mass is 361 g/mol. The number of ether oxygens (including phenoxy) is 2. The number of ketones is 1. The zero-order valence-electron chi connectivity index (χ0n) is 17.5. The normalized spacial score (nSPS) is 18.2. The van der Waals surface area contributed by atoms with Crippen molar-refractivity contribution in [3.8, 4) is 0 Å². The van der Waals surface area contributed by atoms with Gasteiger partial charge in [-0.3, -0.25) is 4.79 Å². The van der Waals surface area contributed by atoms with E-state index in [0.717, 1.165) is 37.7 Å². The van der Waals surface area contributed by atoms with Crippen molar-refractivity contribution in [3.63, 3.8) is 0 Å².